The quantitative estimate of drug-likeness (QED) is 0.488. The minimum atomic E-state index is -0.549. The van der Waals surface area contributed by atoms with E-state index in [0.29, 0.717) is 16.9 Å². The maximum Gasteiger partial charge on any atom is 0.344 e. The molecule has 1 aromatic carbocycles. The summed E-state index contributed by atoms with van der Waals surface area (Å²) in [5.74, 6) is 3.03. The van der Waals surface area contributed by atoms with Gasteiger partial charge in [-0.15, -0.1) is 0 Å². The first-order chi connectivity index (χ1) is 10.2. The van der Waals surface area contributed by atoms with E-state index in [1.54, 1.807) is 39.0 Å². The highest BCUT2D eigenvalue weighted by molar-refractivity contribution is 8.00. The summed E-state index contributed by atoms with van der Waals surface area (Å²) in [5, 5.41) is 12.0. The van der Waals surface area contributed by atoms with Gasteiger partial charge in [-0.25, -0.2) is 4.79 Å². The van der Waals surface area contributed by atoms with Gasteiger partial charge >= 0.3 is 5.97 Å². The molecule has 0 N–H and O–H groups in total. The topological polar surface area (TPSA) is 59.3 Å². The largest absolute Gasteiger partial charge is 0.481 e. The van der Waals surface area contributed by atoms with Crippen LogP contribution in [0.25, 0.3) is 0 Å². The van der Waals surface area contributed by atoms with E-state index in [2.05, 4.69) is 17.2 Å². The molecule has 1 rings (SSSR count). The zero-order valence-electron chi connectivity index (χ0n) is 13.5. The number of hydrogen-bond acceptors (Lipinski definition) is 4. The van der Waals surface area contributed by atoms with Gasteiger partial charge in [0.1, 0.15) is 23.9 Å². The molecule has 0 radical (unpaired) electrons. The summed E-state index contributed by atoms with van der Waals surface area (Å²) in [6.45, 7) is 5.20. The van der Waals surface area contributed by atoms with Crippen molar-refractivity contribution >= 4 is 16.9 Å². The molecule has 1 aromatic rings. The molecule has 0 amide bonds. The average molecular weight is 318 g/mol. The Hall–Kier alpha value is -2.11. The number of nitriles is 1. The number of benzene rings is 1. The SMILES string of the molecule is C[S+](C)C#Cc1cc(C#N)ccc1OCC(=O)OC(C)(C)C. The Morgan fingerprint density at radius 1 is 1.32 bits per heavy atom. The van der Waals surface area contributed by atoms with Crippen molar-refractivity contribution in [2.75, 3.05) is 19.1 Å². The van der Waals surface area contributed by atoms with Crippen LogP contribution in [-0.2, 0) is 20.4 Å². The second-order valence-corrected chi connectivity index (χ2v) is 7.58. The molecule has 0 aromatic heterocycles. The van der Waals surface area contributed by atoms with Crippen LogP contribution in [0.5, 0.6) is 5.75 Å². The molecule has 5 heteroatoms. The summed E-state index contributed by atoms with van der Waals surface area (Å²) in [4.78, 5) is 11.7. The van der Waals surface area contributed by atoms with Gasteiger partial charge in [-0.3, -0.25) is 0 Å². The zero-order valence-corrected chi connectivity index (χ0v) is 14.3. The monoisotopic (exact) mass is 318 g/mol. The molecule has 0 atom stereocenters. The number of carbonyl (C=O) groups excluding carboxylic acids is 1. The van der Waals surface area contributed by atoms with Crippen LogP contribution in [0.1, 0.15) is 31.9 Å². The van der Waals surface area contributed by atoms with Crippen molar-refractivity contribution in [1.82, 2.24) is 0 Å². The zero-order chi connectivity index (χ0) is 16.8. The van der Waals surface area contributed by atoms with Crippen molar-refractivity contribution in [2.45, 2.75) is 26.4 Å². The number of nitrogens with zero attached hydrogens (tertiary/aromatic N) is 1. The molecular weight excluding hydrogens is 298 g/mol. The molecule has 22 heavy (non-hydrogen) atoms. The van der Waals surface area contributed by atoms with Crippen LogP contribution in [0.4, 0.5) is 0 Å². The lowest BCUT2D eigenvalue weighted by Gasteiger charge is -2.19. The molecule has 0 aliphatic heterocycles. The number of hydrogen-bond donors (Lipinski definition) is 0. The van der Waals surface area contributed by atoms with Gasteiger partial charge in [-0.05, 0) is 44.9 Å². The fourth-order valence-corrected chi connectivity index (χ4v) is 1.80. The van der Waals surface area contributed by atoms with Crippen molar-refractivity contribution in [1.29, 1.82) is 5.26 Å². The third kappa shape index (κ3) is 6.56. The van der Waals surface area contributed by atoms with Gasteiger partial charge in [-0.2, -0.15) is 5.26 Å². The predicted molar refractivity (Wildman–Crippen MR) is 88.6 cm³/mol. The minimum absolute atomic E-state index is 0.0502. The third-order valence-electron chi connectivity index (χ3n) is 2.26. The maximum absolute atomic E-state index is 11.7. The van der Waals surface area contributed by atoms with Crippen molar-refractivity contribution in [3.05, 3.63) is 29.3 Å². The second-order valence-electron chi connectivity index (χ2n) is 5.74. The van der Waals surface area contributed by atoms with Crippen LogP contribution >= 0.6 is 0 Å². The van der Waals surface area contributed by atoms with Gasteiger partial charge in [0.05, 0.1) is 28.1 Å². The Bertz CT molecular complexity index is 643. The normalized spacial score (nSPS) is 10.4. The van der Waals surface area contributed by atoms with Crippen molar-refractivity contribution in [3.8, 4) is 23.0 Å². The fourth-order valence-electron chi connectivity index (χ4n) is 1.49. The van der Waals surface area contributed by atoms with Gasteiger partial charge in [-0.1, -0.05) is 0 Å². The molecule has 0 bridgehead atoms. The highest BCUT2D eigenvalue weighted by atomic mass is 32.2. The molecule has 0 aliphatic rings. The molecule has 0 spiro atoms. The van der Waals surface area contributed by atoms with Gasteiger partial charge in [0.2, 0.25) is 0 Å². The Labute approximate surface area is 134 Å². The average Bonchev–Trinajstić information content (AvgIpc) is 2.41. The highest BCUT2D eigenvalue weighted by Gasteiger charge is 2.17. The lowest BCUT2D eigenvalue weighted by Crippen LogP contribution is -2.27. The first-order valence-corrected chi connectivity index (χ1v) is 8.73. The summed E-state index contributed by atoms with van der Waals surface area (Å²) in [6.07, 6.45) is 4.00. The summed E-state index contributed by atoms with van der Waals surface area (Å²) < 4.78 is 10.7. The van der Waals surface area contributed by atoms with Crippen LogP contribution in [0, 0.1) is 22.5 Å². The van der Waals surface area contributed by atoms with Crippen LogP contribution in [-0.4, -0.2) is 30.7 Å². The molecule has 0 unspecified atom stereocenters. The van der Waals surface area contributed by atoms with Crippen LogP contribution in [0.15, 0.2) is 18.2 Å². The Morgan fingerprint density at radius 2 is 2.00 bits per heavy atom. The van der Waals surface area contributed by atoms with E-state index < -0.39 is 11.6 Å². The smallest absolute Gasteiger partial charge is 0.344 e. The third-order valence-corrected chi connectivity index (χ3v) is 2.77. The van der Waals surface area contributed by atoms with E-state index in [-0.39, 0.29) is 17.5 Å². The lowest BCUT2D eigenvalue weighted by molar-refractivity contribution is -0.157. The van der Waals surface area contributed by atoms with Crippen LogP contribution < -0.4 is 4.74 Å². The van der Waals surface area contributed by atoms with Gasteiger partial charge in [0.15, 0.2) is 11.9 Å². The van der Waals surface area contributed by atoms with E-state index in [4.69, 9.17) is 14.7 Å². The number of ether oxygens (including phenoxy) is 2. The summed E-state index contributed by atoms with van der Waals surface area (Å²) >= 11 is 0. The highest BCUT2D eigenvalue weighted by Crippen LogP contribution is 2.19. The fraction of sp³-hybridized carbons (Fsp3) is 0.412. The van der Waals surface area contributed by atoms with Crippen molar-refractivity contribution in [3.63, 3.8) is 0 Å². The summed E-state index contributed by atoms with van der Waals surface area (Å²) in [5.41, 5.74) is 0.553. The number of carbonyl (C=O) groups is 1. The number of esters is 1. The Morgan fingerprint density at radius 3 is 2.55 bits per heavy atom. The summed E-state index contributed by atoms with van der Waals surface area (Å²) in [7, 11) is -0.0502. The minimum Gasteiger partial charge on any atom is -0.481 e. The van der Waals surface area contributed by atoms with E-state index >= 15 is 0 Å². The van der Waals surface area contributed by atoms with Crippen molar-refractivity contribution in [2.24, 2.45) is 0 Å². The van der Waals surface area contributed by atoms with E-state index in [0.717, 1.165) is 0 Å². The van der Waals surface area contributed by atoms with Crippen molar-refractivity contribution < 1.29 is 14.3 Å². The predicted octanol–water partition coefficient (Wildman–Crippen LogP) is 2.47. The van der Waals surface area contributed by atoms with Gasteiger partial charge < -0.3 is 9.47 Å². The van der Waals surface area contributed by atoms with Gasteiger partial charge in [0.25, 0.3) is 0 Å². The Kier molecular flexibility index (Phi) is 6.34. The first-order valence-electron chi connectivity index (χ1n) is 6.69. The van der Waals surface area contributed by atoms with E-state index in [1.165, 1.54) is 0 Å². The maximum atomic E-state index is 11.7. The molecule has 0 aliphatic carbocycles. The van der Waals surface area contributed by atoms with E-state index in [1.807, 2.05) is 12.5 Å². The first kappa shape index (κ1) is 17.9. The van der Waals surface area contributed by atoms with Crippen LogP contribution in [0.2, 0.25) is 0 Å². The van der Waals surface area contributed by atoms with Gasteiger partial charge in [0, 0.05) is 0 Å². The molecular formula is C17H20NO3S+. The standard InChI is InChI=1S/C17H20NO3S/c1-17(2,3)21-16(19)12-20-15-7-6-13(11-18)10-14(15)8-9-22(4)5/h6-7,10H,12H2,1-5H3/q+1. The molecule has 0 heterocycles. The lowest BCUT2D eigenvalue weighted by atomic mass is 10.1. The molecule has 0 fully saturated rings. The number of rotatable bonds is 3. The molecule has 116 valence electrons. The van der Waals surface area contributed by atoms with E-state index in [9.17, 15) is 4.79 Å². The summed E-state index contributed by atoms with van der Waals surface area (Å²) in [6, 6.07) is 7.00. The molecule has 4 nitrogen and oxygen atoms in total. The van der Waals surface area contributed by atoms with Crippen LogP contribution in [0.3, 0.4) is 0 Å². The second kappa shape index (κ2) is 7.77. The molecule has 0 saturated heterocycles. The Balaban J connectivity index is 2.89. The molecule has 0 saturated carbocycles.